The molecule has 1 rings (SSSR count). The van der Waals surface area contributed by atoms with E-state index in [-0.39, 0.29) is 11.8 Å². The Morgan fingerprint density at radius 3 is 3.00 bits per heavy atom. The molecule has 0 aromatic heterocycles. The summed E-state index contributed by atoms with van der Waals surface area (Å²) in [6.45, 7) is 2.58. The van der Waals surface area contributed by atoms with Gasteiger partial charge < -0.3 is 11.1 Å². The van der Waals surface area contributed by atoms with Gasteiger partial charge in [0.15, 0.2) is 0 Å². The van der Waals surface area contributed by atoms with Gasteiger partial charge in [0.05, 0.1) is 0 Å². The van der Waals surface area contributed by atoms with E-state index in [2.05, 4.69) is 17.5 Å². The Balaban J connectivity index is 2.22. The summed E-state index contributed by atoms with van der Waals surface area (Å²) in [5.74, 6) is 0.428. The minimum absolute atomic E-state index is 0.142. The largest absolute Gasteiger partial charge is 0.353 e. The molecule has 3 heteroatoms. The summed E-state index contributed by atoms with van der Waals surface area (Å²) in [4.78, 5) is 11.5. The number of hydrogen-bond donors (Lipinski definition) is 2. The third-order valence-corrected chi connectivity index (χ3v) is 2.57. The highest BCUT2D eigenvalue weighted by Gasteiger charge is 2.14. The number of carbonyl (C=O) groups excluding carboxylic acids is 1. The highest BCUT2D eigenvalue weighted by Crippen LogP contribution is 2.11. The average molecular weight is 196 g/mol. The maximum absolute atomic E-state index is 11.5. The van der Waals surface area contributed by atoms with Gasteiger partial charge in [0.25, 0.3) is 0 Å². The van der Waals surface area contributed by atoms with Gasteiger partial charge in [-0.3, -0.25) is 4.79 Å². The van der Waals surface area contributed by atoms with E-state index in [1.807, 2.05) is 6.92 Å². The van der Waals surface area contributed by atoms with Crippen LogP contribution in [0.1, 0.15) is 32.6 Å². The molecule has 0 aliphatic heterocycles. The molecular weight excluding hydrogens is 176 g/mol. The van der Waals surface area contributed by atoms with Gasteiger partial charge in [-0.25, -0.2) is 0 Å². The number of allylic oxidation sites excluding steroid dienone is 1. The lowest BCUT2D eigenvalue weighted by molar-refractivity contribution is -0.122. The minimum atomic E-state index is 0.142. The first-order chi connectivity index (χ1) is 6.72. The zero-order valence-electron chi connectivity index (χ0n) is 8.83. The molecular formula is C11H20N2O. The van der Waals surface area contributed by atoms with Crippen LogP contribution in [0.5, 0.6) is 0 Å². The Hall–Kier alpha value is -0.830. The predicted octanol–water partition coefficient (Wildman–Crippen LogP) is 1.20. The number of nitrogens with one attached hydrogen (secondary N) is 1. The summed E-state index contributed by atoms with van der Waals surface area (Å²) in [7, 11) is 0. The zero-order valence-corrected chi connectivity index (χ0v) is 8.83. The van der Waals surface area contributed by atoms with Crippen LogP contribution >= 0.6 is 0 Å². The van der Waals surface area contributed by atoms with Gasteiger partial charge in [-0.15, -0.1) is 0 Å². The van der Waals surface area contributed by atoms with E-state index < -0.39 is 0 Å². The molecule has 1 aliphatic carbocycles. The molecule has 80 valence electrons. The first kappa shape index (κ1) is 11.2. The highest BCUT2D eigenvalue weighted by atomic mass is 16.1. The summed E-state index contributed by atoms with van der Waals surface area (Å²) in [6.07, 6.45) is 7.99. The van der Waals surface area contributed by atoms with Crippen LogP contribution in [0.25, 0.3) is 0 Å². The predicted molar refractivity (Wildman–Crippen MR) is 57.8 cm³/mol. The molecule has 0 radical (unpaired) electrons. The molecule has 3 nitrogen and oxygen atoms in total. The molecule has 3 N–H and O–H groups in total. The normalized spacial score (nSPS) is 23.1. The van der Waals surface area contributed by atoms with Crippen molar-refractivity contribution in [3.05, 3.63) is 12.2 Å². The third kappa shape index (κ3) is 3.92. The highest BCUT2D eigenvalue weighted by molar-refractivity contribution is 5.76. The fourth-order valence-electron chi connectivity index (χ4n) is 1.61. The van der Waals surface area contributed by atoms with Crippen molar-refractivity contribution in [2.75, 3.05) is 6.54 Å². The van der Waals surface area contributed by atoms with Crippen molar-refractivity contribution >= 4 is 5.91 Å². The molecule has 14 heavy (non-hydrogen) atoms. The van der Waals surface area contributed by atoms with Crippen LogP contribution in [-0.2, 0) is 4.79 Å². The molecule has 0 aromatic carbocycles. The van der Waals surface area contributed by atoms with Crippen LogP contribution in [0.15, 0.2) is 12.2 Å². The second-order valence-electron chi connectivity index (χ2n) is 4.09. The molecule has 0 heterocycles. The molecule has 0 saturated heterocycles. The van der Waals surface area contributed by atoms with E-state index in [1.165, 1.54) is 0 Å². The Bertz CT molecular complexity index is 213. The van der Waals surface area contributed by atoms with Crippen molar-refractivity contribution in [2.24, 2.45) is 11.7 Å². The van der Waals surface area contributed by atoms with Gasteiger partial charge in [0, 0.05) is 12.5 Å². The molecule has 0 spiro atoms. The maximum atomic E-state index is 11.5. The first-order valence-electron chi connectivity index (χ1n) is 5.36. The van der Waals surface area contributed by atoms with E-state index in [9.17, 15) is 4.79 Å². The lowest BCUT2D eigenvalue weighted by atomic mass is 10.0. The number of amides is 1. The number of carbonyl (C=O) groups is 1. The Kier molecular flexibility index (Phi) is 4.66. The van der Waals surface area contributed by atoms with Crippen LogP contribution in [-0.4, -0.2) is 18.5 Å². The second kappa shape index (κ2) is 5.81. The quantitative estimate of drug-likeness (QED) is 0.664. The van der Waals surface area contributed by atoms with E-state index in [0.717, 1.165) is 19.3 Å². The Morgan fingerprint density at radius 1 is 1.64 bits per heavy atom. The van der Waals surface area contributed by atoms with Crippen molar-refractivity contribution in [2.45, 2.75) is 38.6 Å². The summed E-state index contributed by atoms with van der Waals surface area (Å²) >= 11 is 0. The summed E-state index contributed by atoms with van der Waals surface area (Å²) < 4.78 is 0. The van der Waals surface area contributed by atoms with Crippen molar-refractivity contribution in [1.29, 1.82) is 0 Å². The number of rotatable bonds is 4. The molecule has 2 unspecified atom stereocenters. The third-order valence-electron chi connectivity index (χ3n) is 2.57. The SMILES string of the molecule is CC(CN)CC(=O)NC1CC=CCC1. The standard InChI is InChI=1S/C11H20N2O/c1-9(8-12)7-11(14)13-10-5-3-2-4-6-10/h2-3,9-10H,4-8,12H2,1H3,(H,13,14). The van der Waals surface area contributed by atoms with Crippen LogP contribution in [0.2, 0.25) is 0 Å². The molecule has 0 bridgehead atoms. The fraction of sp³-hybridized carbons (Fsp3) is 0.727. The molecule has 0 saturated carbocycles. The van der Waals surface area contributed by atoms with Crippen molar-refractivity contribution < 1.29 is 4.79 Å². The summed E-state index contributed by atoms with van der Waals surface area (Å²) in [5.41, 5.74) is 5.46. The van der Waals surface area contributed by atoms with Crippen LogP contribution < -0.4 is 11.1 Å². The van der Waals surface area contributed by atoms with Gasteiger partial charge in [-0.05, 0) is 31.7 Å². The lowest BCUT2D eigenvalue weighted by Crippen LogP contribution is -2.36. The first-order valence-corrected chi connectivity index (χ1v) is 5.36. The lowest BCUT2D eigenvalue weighted by Gasteiger charge is -2.20. The van der Waals surface area contributed by atoms with Crippen molar-refractivity contribution in [3.8, 4) is 0 Å². The van der Waals surface area contributed by atoms with Gasteiger partial charge >= 0.3 is 0 Å². The summed E-state index contributed by atoms with van der Waals surface area (Å²) in [6, 6.07) is 0.345. The van der Waals surface area contributed by atoms with E-state index in [1.54, 1.807) is 0 Å². The van der Waals surface area contributed by atoms with Crippen LogP contribution in [0.3, 0.4) is 0 Å². The smallest absolute Gasteiger partial charge is 0.220 e. The monoisotopic (exact) mass is 196 g/mol. The van der Waals surface area contributed by atoms with Crippen molar-refractivity contribution in [3.63, 3.8) is 0 Å². The van der Waals surface area contributed by atoms with Gasteiger partial charge in [0.1, 0.15) is 0 Å². The van der Waals surface area contributed by atoms with Crippen molar-refractivity contribution in [1.82, 2.24) is 5.32 Å². The average Bonchev–Trinajstić information content (AvgIpc) is 2.19. The van der Waals surface area contributed by atoms with Crippen LogP contribution in [0, 0.1) is 5.92 Å². The fourth-order valence-corrected chi connectivity index (χ4v) is 1.61. The molecule has 0 aromatic rings. The molecule has 2 atom stereocenters. The number of nitrogens with two attached hydrogens (primary N) is 1. The minimum Gasteiger partial charge on any atom is -0.353 e. The Morgan fingerprint density at radius 2 is 2.43 bits per heavy atom. The number of hydrogen-bond acceptors (Lipinski definition) is 2. The van der Waals surface area contributed by atoms with Crippen LogP contribution in [0.4, 0.5) is 0 Å². The van der Waals surface area contributed by atoms with Gasteiger partial charge in [-0.2, -0.15) is 0 Å². The van der Waals surface area contributed by atoms with E-state index in [0.29, 0.717) is 19.0 Å². The molecule has 1 aliphatic rings. The van der Waals surface area contributed by atoms with E-state index in [4.69, 9.17) is 5.73 Å². The molecule has 0 fully saturated rings. The van der Waals surface area contributed by atoms with E-state index >= 15 is 0 Å². The second-order valence-corrected chi connectivity index (χ2v) is 4.09. The summed E-state index contributed by atoms with van der Waals surface area (Å²) in [5, 5.41) is 3.04. The van der Waals surface area contributed by atoms with Gasteiger partial charge in [-0.1, -0.05) is 19.1 Å². The topological polar surface area (TPSA) is 55.1 Å². The maximum Gasteiger partial charge on any atom is 0.220 e. The zero-order chi connectivity index (χ0) is 10.4. The Labute approximate surface area is 85.7 Å². The van der Waals surface area contributed by atoms with Gasteiger partial charge in [0.2, 0.25) is 5.91 Å². The molecule has 1 amide bonds.